The topological polar surface area (TPSA) is 92.4 Å². The second-order valence-corrected chi connectivity index (χ2v) is 6.31. The molecule has 29 heavy (non-hydrogen) atoms. The normalized spacial score (nSPS) is 10.1. The molecule has 0 atom stereocenters. The Morgan fingerprint density at radius 2 is 1.62 bits per heavy atom. The van der Waals surface area contributed by atoms with Gasteiger partial charge in [-0.15, -0.1) is 0 Å². The molecular formula is C22H22N4O3. The van der Waals surface area contributed by atoms with Crippen LogP contribution in [0.1, 0.15) is 22.8 Å². The second kappa shape index (κ2) is 9.36. The average Bonchev–Trinajstić information content (AvgIpc) is 2.74. The molecule has 0 unspecified atom stereocenters. The summed E-state index contributed by atoms with van der Waals surface area (Å²) in [6.45, 7) is 2.00. The third-order valence-corrected chi connectivity index (χ3v) is 4.14. The third-order valence-electron chi connectivity index (χ3n) is 4.14. The van der Waals surface area contributed by atoms with Crippen LogP contribution in [0.2, 0.25) is 0 Å². The highest BCUT2D eigenvalue weighted by atomic mass is 16.5. The Kier molecular flexibility index (Phi) is 6.42. The van der Waals surface area contributed by atoms with E-state index >= 15 is 0 Å². The van der Waals surface area contributed by atoms with E-state index in [1.807, 2.05) is 24.3 Å². The van der Waals surface area contributed by atoms with E-state index < -0.39 is 0 Å². The van der Waals surface area contributed by atoms with Crippen molar-refractivity contribution in [1.29, 1.82) is 0 Å². The summed E-state index contributed by atoms with van der Waals surface area (Å²) in [6, 6.07) is 18.1. The number of carbonyl (C=O) groups is 2. The number of anilines is 3. The molecule has 3 rings (SSSR count). The molecule has 0 aliphatic carbocycles. The van der Waals surface area contributed by atoms with Crippen molar-refractivity contribution in [2.75, 3.05) is 23.1 Å². The Balaban J connectivity index is 1.57. The molecule has 148 valence electrons. The van der Waals surface area contributed by atoms with E-state index in [4.69, 9.17) is 4.74 Å². The molecule has 0 radical (unpaired) electrons. The molecule has 3 aromatic rings. The number of ether oxygens (including phenoxy) is 1. The van der Waals surface area contributed by atoms with Crippen LogP contribution in [-0.2, 0) is 11.3 Å². The Morgan fingerprint density at radius 3 is 2.24 bits per heavy atom. The maximum absolute atomic E-state index is 12.4. The number of methoxy groups -OCH3 is 1. The highest BCUT2D eigenvalue weighted by molar-refractivity contribution is 6.04. The lowest BCUT2D eigenvalue weighted by Crippen LogP contribution is -2.13. The number of nitrogens with one attached hydrogen (secondary N) is 3. The van der Waals surface area contributed by atoms with Crippen molar-refractivity contribution in [2.24, 2.45) is 0 Å². The van der Waals surface area contributed by atoms with Gasteiger partial charge in [-0.1, -0.05) is 18.2 Å². The van der Waals surface area contributed by atoms with Crippen molar-refractivity contribution in [2.45, 2.75) is 13.5 Å². The molecule has 2 amide bonds. The molecule has 2 aromatic carbocycles. The molecule has 0 aliphatic rings. The zero-order chi connectivity index (χ0) is 20.6. The maximum Gasteiger partial charge on any atom is 0.257 e. The third kappa shape index (κ3) is 5.55. The zero-order valence-corrected chi connectivity index (χ0v) is 16.2. The standard InChI is InChI=1S/C22H22N4O3/c1-15(27)25-18-8-10-19(11-9-18)26-22(28)17-7-12-21(24-14-17)23-13-16-5-3-4-6-20(16)29-2/h3-12,14H,13H2,1-2H3,(H,23,24)(H,25,27)(H,26,28). The van der Waals surface area contributed by atoms with Gasteiger partial charge < -0.3 is 20.7 Å². The van der Waals surface area contributed by atoms with Crippen LogP contribution in [0.3, 0.4) is 0 Å². The summed E-state index contributed by atoms with van der Waals surface area (Å²) in [5.41, 5.74) is 2.75. The van der Waals surface area contributed by atoms with Crippen LogP contribution in [0.4, 0.5) is 17.2 Å². The van der Waals surface area contributed by atoms with Gasteiger partial charge in [-0.3, -0.25) is 9.59 Å². The highest BCUT2D eigenvalue weighted by Crippen LogP contribution is 2.19. The molecule has 1 aromatic heterocycles. The van der Waals surface area contributed by atoms with Gasteiger partial charge in [-0.05, 0) is 42.5 Å². The van der Waals surface area contributed by atoms with Gasteiger partial charge in [0.25, 0.3) is 5.91 Å². The Labute approximate surface area is 169 Å². The zero-order valence-electron chi connectivity index (χ0n) is 16.2. The molecule has 0 saturated carbocycles. The fraction of sp³-hybridized carbons (Fsp3) is 0.136. The number of carbonyl (C=O) groups excluding carboxylic acids is 2. The van der Waals surface area contributed by atoms with Crippen molar-refractivity contribution in [3.05, 3.63) is 78.0 Å². The minimum Gasteiger partial charge on any atom is -0.496 e. The number of hydrogen-bond acceptors (Lipinski definition) is 5. The number of aromatic nitrogens is 1. The first-order valence-electron chi connectivity index (χ1n) is 9.06. The van der Waals surface area contributed by atoms with Crippen molar-refractivity contribution >= 4 is 29.0 Å². The lowest BCUT2D eigenvalue weighted by Gasteiger charge is -2.10. The number of pyridine rings is 1. The summed E-state index contributed by atoms with van der Waals surface area (Å²) in [5.74, 6) is 1.06. The summed E-state index contributed by atoms with van der Waals surface area (Å²) >= 11 is 0. The molecular weight excluding hydrogens is 368 g/mol. The summed E-state index contributed by atoms with van der Waals surface area (Å²) in [4.78, 5) is 27.7. The van der Waals surface area contributed by atoms with E-state index in [9.17, 15) is 9.59 Å². The smallest absolute Gasteiger partial charge is 0.257 e. The fourth-order valence-corrected chi connectivity index (χ4v) is 2.71. The number of para-hydroxylation sites is 1. The van der Waals surface area contributed by atoms with Gasteiger partial charge in [0.15, 0.2) is 0 Å². The second-order valence-electron chi connectivity index (χ2n) is 6.31. The average molecular weight is 390 g/mol. The maximum atomic E-state index is 12.4. The molecule has 0 bridgehead atoms. The number of amides is 2. The molecule has 0 saturated heterocycles. The van der Waals surface area contributed by atoms with Gasteiger partial charge >= 0.3 is 0 Å². The minimum atomic E-state index is -0.263. The lowest BCUT2D eigenvalue weighted by atomic mass is 10.2. The number of rotatable bonds is 7. The first-order chi connectivity index (χ1) is 14.0. The van der Waals surface area contributed by atoms with Crippen molar-refractivity contribution < 1.29 is 14.3 Å². The highest BCUT2D eigenvalue weighted by Gasteiger charge is 2.08. The van der Waals surface area contributed by atoms with E-state index in [-0.39, 0.29) is 11.8 Å². The predicted molar refractivity (Wildman–Crippen MR) is 113 cm³/mol. The van der Waals surface area contributed by atoms with Crippen LogP contribution in [0.5, 0.6) is 5.75 Å². The van der Waals surface area contributed by atoms with E-state index in [0.717, 1.165) is 11.3 Å². The Hall–Kier alpha value is -3.87. The van der Waals surface area contributed by atoms with Crippen LogP contribution >= 0.6 is 0 Å². The molecule has 0 spiro atoms. The van der Waals surface area contributed by atoms with Gasteiger partial charge in [-0.2, -0.15) is 0 Å². The minimum absolute atomic E-state index is 0.146. The Morgan fingerprint density at radius 1 is 0.931 bits per heavy atom. The quantitative estimate of drug-likeness (QED) is 0.569. The van der Waals surface area contributed by atoms with Gasteiger partial charge in [0, 0.05) is 36.6 Å². The van der Waals surface area contributed by atoms with Crippen LogP contribution in [0.25, 0.3) is 0 Å². The monoisotopic (exact) mass is 390 g/mol. The van der Waals surface area contributed by atoms with E-state index in [1.54, 1.807) is 43.5 Å². The molecule has 3 N–H and O–H groups in total. The number of benzene rings is 2. The molecule has 7 heteroatoms. The lowest BCUT2D eigenvalue weighted by molar-refractivity contribution is -0.114. The predicted octanol–water partition coefficient (Wildman–Crippen LogP) is 3.91. The largest absolute Gasteiger partial charge is 0.496 e. The summed E-state index contributed by atoms with van der Waals surface area (Å²) in [6.07, 6.45) is 1.52. The van der Waals surface area contributed by atoms with Gasteiger partial charge in [0.05, 0.1) is 12.7 Å². The van der Waals surface area contributed by atoms with Crippen LogP contribution in [-0.4, -0.2) is 23.9 Å². The summed E-state index contributed by atoms with van der Waals surface area (Å²) in [7, 11) is 1.64. The molecule has 1 heterocycles. The SMILES string of the molecule is COc1ccccc1CNc1ccc(C(=O)Nc2ccc(NC(C)=O)cc2)cn1. The first kappa shape index (κ1) is 19.9. The molecule has 0 fully saturated rings. The molecule has 0 aliphatic heterocycles. The fourth-order valence-electron chi connectivity index (χ4n) is 2.71. The van der Waals surface area contributed by atoms with Crippen molar-refractivity contribution in [1.82, 2.24) is 4.98 Å². The van der Waals surface area contributed by atoms with E-state index in [0.29, 0.717) is 29.3 Å². The van der Waals surface area contributed by atoms with Crippen molar-refractivity contribution in [3.63, 3.8) is 0 Å². The number of hydrogen-bond donors (Lipinski definition) is 3. The van der Waals surface area contributed by atoms with Gasteiger partial charge in [-0.25, -0.2) is 4.98 Å². The first-order valence-corrected chi connectivity index (χ1v) is 9.06. The Bertz CT molecular complexity index is 986. The van der Waals surface area contributed by atoms with Gasteiger partial charge in [0.1, 0.15) is 11.6 Å². The van der Waals surface area contributed by atoms with E-state index in [1.165, 1.54) is 13.1 Å². The molecule has 7 nitrogen and oxygen atoms in total. The van der Waals surface area contributed by atoms with Crippen molar-refractivity contribution in [3.8, 4) is 5.75 Å². The van der Waals surface area contributed by atoms with Crippen LogP contribution < -0.4 is 20.7 Å². The van der Waals surface area contributed by atoms with Gasteiger partial charge in [0.2, 0.25) is 5.91 Å². The summed E-state index contributed by atoms with van der Waals surface area (Å²) < 4.78 is 5.33. The van der Waals surface area contributed by atoms with E-state index in [2.05, 4.69) is 20.9 Å². The number of nitrogens with zero attached hydrogens (tertiary/aromatic N) is 1. The van der Waals surface area contributed by atoms with Crippen LogP contribution in [0, 0.1) is 0 Å². The van der Waals surface area contributed by atoms with Crippen LogP contribution in [0.15, 0.2) is 66.9 Å². The summed E-state index contributed by atoms with van der Waals surface area (Å²) in [5, 5.41) is 8.70.